The molecule has 1 aromatic heterocycles. The second-order valence-electron chi connectivity index (χ2n) is 7.07. The van der Waals surface area contributed by atoms with Crippen LogP contribution in [0.15, 0.2) is 35.4 Å². The second-order valence-corrected chi connectivity index (χ2v) is 10.4. The lowest BCUT2D eigenvalue weighted by Crippen LogP contribution is -2.20. The predicted molar refractivity (Wildman–Crippen MR) is 124 cm³/mol. The summed E-state index contributed by atoms with van der Waals surface area (Å²) in [5.74, 6) is 0.944. The molecule has 0 aliphatic rings. The molecule has 0 radical (unpaired) electrons. The number of hydrogen-bond donors (Lipinski definition) is 2. The van der Waals surface area contributed by atoms with Gasteiger partial charge in [0.2, 0.25) is 15.9 Å². The molecule has 1 heterocycles. The van der Waals surface area contributed by atoms with E-state index in [9.17, 15) is 22.0 Å². The van der Waals surface area contributed by atoms with Crippen LogP contribution in [0.4, 0.5) is 14.5 Å². The highest BCUT2D eigenvalue weighted by Crippen LogP contribution is 2.26. The first-order chi connectivity index (χ1) is 15.0. The minimum Gasteiger partial charge on any atom is -0.348 e. The first kappa shape index (κ1) is 25.4. The van der Waals surface area contributed by atoms with Crippen LogP contribution in [0.2, 0.25) is 0 Å². The molecule has 0 fully saturated rings. The number of benzene rings is 1. The molecular formula is C22H23F2N3O3S2. The molecule has 1 amide bonds. The summed E-state index contributed by atoms with van der Waals surface area (Å²) in [6.07, 6.45) is 9.12. The van der Waals surface area contributed by atoms with E-state index >= 15 is 0 Å². The summed E-state index contributed by atoms with van der Waals surface area (Å²) in [7, 11) is -3.71. The lowest BCUT2D eigenvalue weighted by Gasteiger charge is -2.11. The van der Waals surface area contributed by atoms with E-state index in [1.54, 1.807) is 18.2 Å². The van der Waals surface area contributed by atoms with E-state index in [1.807, 2.05) is 13.8 Å². The highest BCUT2D eigenvalue weighted by Gasteiger charge is 2.14. The highest BCUT2D eigenvalue weighted by atomic mass is 32.2. The summed E-state index contributed by atoms with van der Waals surface area (Å²) in [6, 6.07) is 5.75. The van der Waals surface area contributed by atoms with Crippen LogP contribution in [0.3, 0.4) is 0 Å². The fourth-order valence-electron chi connectivity index (χ4n) is 2.59. The molecule has 32 heavy (non-hydrogen) atoms. The van der Waals surface area contributed by atoms with E-state index < -0.39 is 28.4 Å². The van der Waals surface area contributed by atoms with E-state index in [2.05, 4.69) is 20.9 Å². The average Bonchev–Trinajstić information content (AvgIpc) is 2.71. The summed E-state index contributed by atoms with van der Waals surface area (Å²) in [6.45, 7) is 3.26. The van der Waals surface area contributed by atoms with Gasteiger partial charge in [-0.05, 0) is 29.8 Å². The number of nitrogens with one attached hydrogen (secondary N) is 2. The quantitative estimate of drug-likeness (QED) is 0.324. The molecule has 0 spiro atoms. The van der Waals surface area contributed by atoms with Crippen LogP contribution < -0.4 is 10.0 Å². The standard InChI is InChI=1S/C22H23F2N3O3S2/c1-5-16-10-15(11-19(24)21(16)27-32(4,29)30)13-25-20(28)9-7-17-6-8-18(12-23)26-22(17)31-14(2)3/h1,6-11,14,27H,12-13H2,2-4H3,(H,25,28)/b9-7+. The average molecular weight is 480 g/mol. The van der Waals surface area contributed by atoms with Crippen LogP contribution in [0.25, 0.3) is 6.08 Å². The molecule has 0 saturated carbocycles. The maximum Gasteiger partial charge on any atom is 0.244 e. The Kier molecular flexibility index (Phi) is 8.80. The Morgan fingerprint density at radius 2 is 2.06 bits per heavy atom. The van der Waals surface area contributed by atoms with Gasteiger partial charge in [-0.2, -0.15) is 0 Å². The van der Waals surface area contributed by atoms with Gasteiger partial charge < -0.3 is 5.32 Å². The summed E-state index contributed by atoms with van der Waals surface area (Å²) < 4.78 is 52.1. The van der Waals surface area contributed by atoms with Crippen LogP contribution in [0.1, 0.15) is 36.2 Å². The molecule has 0 atom stereocenters. The van der Waals surface area contributed by atoms with Crippen LogP contribution in [-0.2, 0) is 28.0 Å². The topological polar surface area (TPSA) is 88.2 Å². The number of hydrogen-bond acceptors (Lipinski definition) is 5. The molecule has 6 nitrogen and oxygen atoms in total. The normalized spacial score (nSPS) is 11.5. The molecule has 2 aromatic rings. The number of amides is 1. The maximum absolute atomic E-state index is 14.3. The fraction of sp³-hybridized carbons (Fsp3) is 0.273. The van der Waals surface area contributed by atoms with E-state index in [0.717, 1.165) is 12.3 Å². The van der Waals surface area contributed by atoms with Crippen LogP contribution in [0.5, 0.6) is 0 Å². The Hall–Kier alpha value is -2.90. The van der Waals surface area contributed by atoms with E-state index in [4.69, 9.17) is 6.42 Å². The first-order valence-electron chi connectivity index (χ1n) is 9.47. The number of terminal acetylenes is 1. The number of nitrogens with zero attached hydrogens (tertiary/aromatic N) is 1. The van der Waals surface area contributed by atoms with Gasteiger partial charge in [0, 0.05) is 23.4 Å². The number of alkyl halides is 1. The molecule has 0 unspecified atom stereocenters. The molecule has 2 rings (SSSR count). The van der Waals surface area contributed by atoms with Crippen molar-refractivity contribution in [3.05, 3.63) is 58.5 Å². The van der Waals surface area contributed by atoms with Gasteiger partial charge in [0.05, 0.1) is 23.2 Å². The van der Waals surface area contributed by atoms with Gasteiger partial charge in [0.25, 0.3) is 0 Å². The Balaban J connectivity index is 2.13. The van der Waals surface area contributed by atoms with Crippen molar-refractivity contribution in [3.63, 3.8) is 0 Å². The van der Waals surface area contributed by atoms with Gasteiger partial charge in [-0.15, -0.1) is 18.2 Å². The number of aromatic nitrogens is 1. The van der Waals surface area contributed by atoms with Crippen molar-refractivity contribution in [2.24, 2.45) is 0 Å². The third-order valence-corrected chi connectivity index (χ3v) is 5.50. The fourth-order valence-corrected chi connectivity index (χ4v) is 4.06. The van der Waals surface area contributed by atoms with Gasteiger partial charge >= 0.3 is 0 Å². The van der Waals surface area contributed by atoms with Gasteiger partial charge in [-0.3, -0.25) is 9.52 Å². The van der Waals surface area contributed by atoms with Crippen molar-refractivity contribution in [1.82, 2.24) is 10.3 Å². The Labute approximate surface area is 191 Å². The Morgan fingerprint density at radius 1 is 1.34 bits per heavy atom. The van der Waals surface area contributed by atoms with Gasteiger partial charge in [0.15, 0.2) is 0 Å². The third kappa shape index (κ3) is 7.66. The lowest BCUT2D eigenvalue weighted by atomic mass is 10.1. The van der Waals surface area contributed by atoms with Crippen LogP contribution in [-0.4, -0.2) is 30.8 Å². The molecule has 1 aromatic carbocycles. The van der Waals surface area contributed by atoms with Crippen LogP contribution in [0, 0.1) is 18.2 Å². The molecule has 0 saturated heterocycles. The third-order valence-electron chi connectivity index (χ3n) is 3.91. The van der Waals surface area contributed by atoms with E-state index in [0.29, 0.717) is 21.8 Å². The number of thioether (sulfide) groups is 1. The minimum atomic E-state index is -3.71. The largest absolute Gasteiger partial charge is 0.348 e. The lowest BCUT2D eigenvalue weighted by molar-refractivity contribution is -0.116. The zero-order chi connectivity index (χ0) is 23.9. The summed E-state index contributed by atoms with van der Waals surface area (Å²) in [5, 5.41) is 3.45. The summed E-state index contributed by atoms with van der Waals surface area (Å²) in [5.41, 5.74) is 1.05. The van der Waals surface area contributed by atoms with Gasteiger partial charge in [0.1, 0.15) is 17.5 Å². The zero-order valence-corrected chi connectivity index (χ0v) is 19.4. The monoisotopic (exact) mass is 479 g/mol. The molecular weight excluding hydrogens is 456 g/mol. The van der Waals surface area contributed by atoms with Gasteiger partial charge in [-0.25, -0.2) is 22.2 Å². The Bertz CT molecular complexity index is 1170. The summed E-state index contributed by atoms with van der Waals surface area (Å²) >= 11 is 1.46. The second kappa shape index (κ2) is 11.1. The van der Waals surface area contributed by atoms with Crippen molar-refractivity contribution in [2.45, 2.75) is 37.3 Å². The van der Waals surface area contributed by atoms with Crippen molar-refractivity contribution in [2.75, 3.05) is 11.0 Å². The smallest absolute Gasteiger partial charge is 0.244 e. The van der Waals surface area contributed by atoms with Gasteiger partial charge in [-0.1, -0.05) is 25.8 Å². The van der Waals surface area contributed by atoms with E-state index in [-0.39, 0.29) is 23.0 Å². The number of rotatable bonds is 9. The van der Waals surface area contributed by atoms with Crippen LogP contribution >= 0.6 is 11.8 Å². The molecule has 0 aliphatic carbocycles. The van der Waals surface area contributed by atoms with E-state index in [1.165, 1.54) is 23.9 Å². The molecule has 0 aliphatic heterocycles. The number of sulfonamides is 1. The predicted octanol–water partition coefficient (Wildman–Crippen LogP) is 3.87. The summed E-state index contributed by atoms with van der Waals surface area (Å²) in [4.78, 5) is 16.5. The van der Waals surface area contributed by atoms with Crippen molar-refractivity contribution >= 4 is 39.5 Å². The van der Waals surface area contributed by atoms with Crippen molar-refractivity contribution < 1.29 is 22.0 Å². The molecule has 2 N–H and O–H groups in total. The molecule has 0 bridgehead atoms. The molecule has 10 heteroatoms. The van der Waals surface area contributed by atoms with Crippen molar-refractivity contribution in [1.29, 1.82) is 0 Å². The number of halogens is 2. The maximum atomic E-state index is 14.3. The number of anilines is 1. The first-order valence-corrected chi connectivity index (χ1v) is 12.2. The molecule has 170 valence electrons. The zero-order valence-electron chi connectivity index (χ0n) is 17.8. The minimum absolute atomic E-state index is 0.0181. The number of carbonyl (C=O) groups is 1. The van der Waals surface area contributed by atoms with Crippen molar-refractivity contribution in [3.8, 4) is 12.3 Å². The number of carbonyl (C=O) groups excluding carboxylic acids is 1. The number of pyridine rings is 1. The highest BCUT2D eigenvalue weighted by molar-refractivity contribution is 7.99. The Morgan fingerprint density at radius 3 is 2.66 bits per heavy atom. The SMILES string of the molecule is C#Cc1cc(CNC(=O)/C=C/c2ccc(CF)nc2SC(C)C)cc(F)c1NS(C)(=O)=O.